The molecule has 0 radical (unpaired) electrons. The molecule has 0 saturated heterocycles. The maximum atomic E-state index is 2.47. The first-order valence-electron chi connectivity index (χ1n) is 30.5. The Bertz CT molecular complexity index is 667. The van der Waals surface area contributed by atoms with Crippen LogP contribution in [0.15, 0.2) is 0 Å². The number of hydrogen-bond donors (Lipinski definition) is 0. The van der Waals surface area contributed by atoms with Crippen LogP contribution in [0.5, 0.6) is 0 Å². The van der Waals surface area contributed by atoms with Crippen LogP contribution in [0, 0.1) is 53.3 Å². The molecule has 0 aliphatic heterocycles. The van der Waals surface area contributed by atoms with Gasteiger partial charge in [-0.2, -0.15) is 0 Å². The largest absolute Gasteiger partial charge is 0.0776 e. The average Bonchev–Trinajstić information content (AvgIpc) is 3.32. The Balaban J connectivity index is -0.000000126. The maximum Gasteiger partial charge on any atom is -0.0412 e. The van der Waals surface area contributed by atoms with E-state index in [4.69, 9.17) is 0 Å². The van der Waals surface area contributed by atoms with Gasteiger partial charge in [-0.15, -0.1) is 0 Å². The lowest BCUT2D eigenvalue weighted by Crippen LogP contribution is -2.20. The van der Waals surface area contributed by atoms with Gasteiger partial charge in [0.1, 0.15) is 0 Å². The van der Waals surface area contributed by atoms with Crippen molar-refractivity contribution in [2.24, 2.45) is 53.3 Å². The van der Waals surface area contributed by atoms with E-state index in [-0.39, 0.29) is 7.43 Å². The third-order valence-corrected chi connectivity index (χ3v) is 14.9. The number of rotatable bonds is 30. The van der Waals surface area contributed by atoms with Crippen LogP contribution in [-0.2, 0) is 0 Å². The van der Waals surface area contributed by atoms with E-state index in [1.165, 1.54) is 212 Å². The first-order valence-corrected chi connectivity index (χ1v) is 30.5. The van der Waals surface area contributed by atoms with E-state index in [1.807, 2.05) is 27.7 Å². The molecule has 1 fully saturated rings. The van der Waals surface area contributed by atoms with Gasteiger partial charge in [0, 0.05) is 0 Å². The van der Waals surface area contributed by atoms with Crippen LogP contribution in [0.4, 0.5) is 0 Å². The molecular weight excluding hydrogens is 769 g/mol. The minimum atomic E-state index is 0. The van der Waals surface area contributed by atoms with Gasteiger partial charge in [-0.1, -0.05) is 326 Å². The molecule has 0 spiro atoms. The summed E-state index contributed by atoms with van der Waals surface area (Å²) in [6.45, 7) is 47.6. The zero-order valence-corrected chi connectivity index (χ0v) is 49.5. The van der Waals surface area contributed by atoms with Crippen molar-refractivity contribution >= 4 is 0 Å². The van der Waals surface area contributed by atoms with Crippen molar-refractivity contribution in [3.05, 3.63) is 0 Å². The fraction of sp³-hybridized carbons (Fsp3) is 1.00. The monoisotopic (exact) mass is 911 g/mol. The van der Waals surface area contributed by atoms with Gasteiger partial charge in [0.15, 0.2) is 0 Å². The molecule has 0 heterocycles. The second-order valence-electron chi connectivity index (χ2n) is 20.2. The summed E-state index contributed by atoms with van der Waals surface area (Å²) >= 11 is 0. The highest BCUT2D eigenvalue weighted by molar-refractivity contribution is 4.76. The van der Waals surface area contributed by atoms with Crippen LogP contribution in [-0.4, -0.2) is 0 Å². The highest BCUT2D eigenvalue weighted by Gasteiger charge is 2.24. The quantitative estimate of drug-likeness (QED) is 0.0630. The predicted molar refractivity (Wildman–Crippen MR) is 310 cm³/mol. The summed E-state index contributed by atoms with van der Waals surface area (Å²) in [5.41, 5.74) is 0. The second kappa shape index (κ2) is 67.3. The minimum absolute atomic E-state index is 0. The van der Waals surface area contributed by atoms with Crippen molar-refractivity contribution in [1.82, 2.24) is 0 Å². The third-order valence-electron chi connectivity index (χ3n) is 14.9. The van der Waals surface area contributed by atoms with E-state index in [0.29, 0.717) is 0 Å². The maximum absolute atomic E-state index is 2.47. The SMILES string of the molecule is C.CC.CC.CCC(CC)CC(CC)CC(CC)CC.CCC1CC(C)CC(CC)CC(CC)C1.CCCCC(CC)CCC.CCCCCCC.CCCCCCC(CC)CCC. The van der Waals surface area contributed by atoms with Crippen molar-refractivity contribution in [1.29, 1.82) is 0 Å². The first kappa shape index (κ1) is 78.2. The van der Waals surface area contributed by atoms with E-state index in [1.54, 1.807) is 0 Å². The molecule has 1 aliphatic rings. The van der Waals surface area contributed by atoms with Gasteiger partial charge in [0.2, 0.25) is 0 Å². The molecule has 0 aromatic heterocycles. The van der Waals surface area contributed by atoms with Crippen molar-refractivity contribution in [3.63, 3.8) is 0 Å². The van der Waals surface area contributed by atoms with Gasteiger partial charge in [0.25, 0.3) is 0 Å². The molecule has 64 heavy (non-hydrogen) atoms. The van der Waals surface area contributed by atoms with Gasteiger partial charge < -0.3 is 0 Å². The van der Waals surface area contributed by atoms with Crippen molar-refractivity contribution in [2.45, 2.75) is 365 Å². The Morgan fingerprint density at radius 2 is 0.578 bits per heavy atom. The topological polar surface area (TPSA) is 0 Å². The Kier molecular flexibility index (Phi) is 82.2. The van der Waals surface area contributed by atoms with Crippen LogP contribution in [0.3, 0.4) is 0 Å². The van der Waals surface area contributed by atoms with Gasteiger partial charge in [-0.05, 0) is 91.8 Å². The lowest BCUT2D eigenvalue weighted by Gasteiger charge is -2.32. The summed E-state index contributed by atoms with van der Waals surface area (Å²) in [6.07, 6.45) is 46.9. The van der Waals surface area contributed by atoms with E-state index in [0.717, 1.165) is 53.3 Å². The second-order valence-corrected chi connectivity index (χ2v) is 20.2. The molecule has 4 atom stereocenters. The number of unbranched alkanes of at least 4 members (excludes halogenated alkanes) is 8. The third kappa shape index (κ3) is 56.3. The molecule has 4 unspecified atom stereocenters. The molecule has 0 aromatic rings. The zero-order chi connectivity index (χ0) is 49.5. The van der Waals surface area contributed by atoms with Gasteiger partial charge in [-0.3, -0.25) is 0 Å². The fourth-order valence-corrected chi connectivity index (χ4v) is 10.0. The summed E-state index contributed by atoms with van der Waals surface area (Å²) in [5, 5.41) is 0. The highest BCUT2D eigenvalue weighted by atomic mass is 14.3. The molecule has 1 saturated carbocycles. The molecule has 398 valence electrons. The molecule has 0 nitrogen and oxygen atoms in total. The molecule has 1 aliphatic carbocycles. The van der Waals surface area contributed by atoms with E-state index in [9.17, 15) is 0 Å². The van der Waals surface area contributed by atoms with Crippen molar-refractivity contribution < 1.29 is 0 Å². The summed E-state index contributed by atoms with van der Waals surface area (Å²) < 4.78 is 0. The standard InChI is InChI=1S/C15H30.C15H32.C12H26.C10H22.C7H16.2C2H6.CH4/c1-5-13-8-12(4)9-14(6-2)11-15(7-3)10-13;1-6-13(7-2)11-15(10-5)12-14(8-3)9-4;1-4-7-8-9-11-12(6-3)10-5-2;1-4-7-9-10(6-3)8-5-2;1-3-5-7-6-4-2;2*1-2;/h12-15H,5-11H2,1-4H3;13-15H,6-12H2,1-5H3;12H,4-11H2,1-3H3;10H,4-9H2,1-3H3;3-7H2,1-2H3;2*1-2H3;1H4. The Hall–Kier alpha value is 0. The van der Waals surface area contributed by atoms with Crippen LogP contribution < -0.4 is 0 Å². The molecule has 0 aromatic carbocycles. The van der Waals surface area contributed by atoms with Crippen LogP contribution in [0.25, 0.3) is 0 Å². The van der Waals surface area contributed by atoms with Crippen LogP contribution in [0.2, 0.25) is 0 Å². The normalized spacial score (nSPS) is 17.6. The van der Waals surface area contributed by atoms with Crippen LogP contribution in [0.1, 0.15) is 365 Å². The van der Waals surface area contributed by atoms with Crippen LogP contribution >= 0.6 is 0 Å². The molecule has 0 bridgehead atoms. The lowest BCUT2D eigenvalue weighted by molar-refractivity contribution is 0.194. The molecule has 0 heteroatoms. The van der Waals surface area contributed by atoms with E-state index in [2.05, 4.69) is 118 Å². The van der Waals surface area contributed by atoms with E-state index < -0.39 is 0 Å². The minimum Gasteiger partial charge on any atom is -0.0776 e. The van der Waals surface area contributed by atoms with Crippen molar-refractivity contribution in [3.8, 4) is 0 Å². The van der Waals surface area contributed by atoms with Gasteiger partial charge in [0.05, 0.1) is 0 Å². The molecular formula is C64H142. The Morgan fingerprint density at radius 3 is 0.844 bits per heavy atom. The highest BCUT2D eigenvalue weighted by Crippen LogP contribution is 2.37. The predicted octanol–water partition coefficient (Wildman–Crippen LogP) is 25.4. The molecule has 0 amide bonds. The molecule has 0 N–H and O–H groups in total. The Morgan fingerprint density at radius 1 is 0.297 bits per heavy atom. The smallest absolute Gasteiger partial charge is 0.0412 e. The Labute approximate surface area is 416 Å². The summed E-state index contributed by atoms with van der Waals surface area (Å²) in [6, 6.07) is 0. The van der Waals surface area contributed by atoms with Gasteiger partial charge >= 0.3 is 0 Å². The molecule has 1 rings (SSSR count). The lowest BCUT2D eigenvalue weighted by atomic mass is 9.74. The average molecular weight is 912 g/mol. The van der Waals surface area contributed by atoms with E-state index >= 15 is 0 Å². The zero-order valence-electron chi connectivity index (χ0n) is 49.5. The fourth-order valence-electron chi connectivity index (χ4n) is 10.0. The summed E-state index contributed by atoms with van der Waals surface area (Å²) in [7, 11) is 0. The summed E-state index contributed by atoms with van der Waals surface area (Å²) in [4.78, 5) is 0. The summed E-state index contributed by atoms with van der Waals surface area (Å²) in [5.74, 6) is 9.00. The van der Waals surface area contributed by atoms with Crippen molar-refractivity contribution in [2.75, 3.05) is 0 Å². The first-order chi connectivity index (χ1) is 30.5. The number of hydrogen-bond acceptors (Lipinski definition) is 0. The van der Waals surface area contributed by atoms with Gasteiger partial charge in [-0.25, -0.2) is 0 Å².